The van der Waals surface area contributed by atoms with Crippen LogP contribution in [-0.4, -0.2) is 34.8 Å². The minimum Gasteiger partial charge on any atom is -0.353 e. The van der Waals surface area contributed by atoms with Gasteiger partial charge in [-0.2, -0.15) is 5.10 Å². The van der Waals surface area contributed by atoms with Crippen LogP contribution in [0.5, 0.6) is 0 Å². The molecule has 106 valence electrons. The minimum atomic E-state index is 0.0198. The van der Waals surface area contributed by atoms with Gasteiger partial charge in [-0.3, -0.25) is 9.48 Å². The monoisotopic (exact) mass is 264 g/mol. The Kier molecular flexibility index (Phi) is 5.88. The number of carbonyl (C=O) groups is 1. The van der Waals surface area contributed by atoms with Crippen LogP contribution in [0.25, 0.3) is 0 Å². The van der Waals surface area contributed by atoms with Crippen molar-refractivity contribution in [2.75, 3.05) is 13.1 Å². The summed E-state index contributed by atoms with van der Waals surface area (Å²) < 4.78 is 1.63. The summed E-state index contributed by atoms with van der Waals surface area (Å²) in [5.74, 6) is 0.0198. The quantitative estimate of drug-likeness (QED) is 0.601. The molecule has 5 heteroatoms. The van der Waals surface area contributed by atoms with Crippen molar-refractivity contribution in [1.82, 2.24) is 20.4 Å². The summed E-state index contributed by atoms with van der Waals surface area (Å²) in [6.45, 7) is 1.85. The fourth-order valence-electron chi connectivity index (χ4n) is 2.56. The van der Waals surface area contributed by atoms with Crippen molar-refractivity contribution in [2.24, 2.45) is 0 Å². The van der Waals surface area contributed by atoms with Gasteiger partial charge in [-0.05, 0) is 18.9 Å². The molecule has 0 aliphatic heterocycles. The predicted octanol–water partition coefficient (Wildman–Crippen LogP) is 1.31. The van der Waals surface area contributed by atoms with E-state index in [9.17, 15) is 4.79 Å². The van der Waals surface area contributed by atoms with Crippen LogP contribution in [0.3, 0.4) is 0 Å². The first kappa shape index (κ1) is 14.1. The molecule has 1 heterocycles. The fourth-order valence-corrected chi connectivity index (χ4v) is 2.56. The van der Waals surface area contributed by atoms with E-state index in [1.807, 2.05) is 6.07 Å². The zero-order valence-corrected chi connectivity index (χ0v) is 11.5. The molecule has 1 aliphatic rings. The second kappa shape index (κ2) is 7.94. The first-order valence-corrected chi connectivity index (χ1v) is 7.32. The van der Waals surface area contributed by atoms with Gasteiger partial charge in [-0.15, -0.1) is 0 Å². The summed E-state index contributed by atoms with van der Waals surface area (Å²) in [6, 6.07) is 2.46. The third-order valence-corrected chi connectivity index (χ3v) is 3.60. The molecule has 1 saturated carbocycles. The number of hydrogen-bond acceptors (Lipinski definition) is 3. The number of rotatable bonds is 6. The molecule has 1 aromatic rings. The van der Waals surface area contributed by atoms with Crippen LogP contribution < -0.4 is 10.6 Å². The number of nitrogens with one attached hydrogen (secondary N) is 2. The summed E-state index contributed by atoms with van der Waals surface area (Å²) in [4.78, 5) is 11.6. The Hall–Kier alpha value is -1.36. The Morgan fingerprint density at radius 2 is 2.00 bits per heavy atom. The van der Waals surface area contributed by atoms with E-state index in [1.165, 1.54) is 38.5 Å². The lowest BCUT2D eigenvalue weighted by Gasteiger charge is -2.16. The van der Waals surface area contributed by atoms with Crippen molar-refractivity contribution >= 4 is 5.91 Å². The third kappa shape index (κ3) is 5.42. The van der Waals surface area contributed by atoms with Crippen molar-refractivity contribution in [3.05, 3.63) is 18.5 Å². The molecule has 19 heavy (non-hydrogen) atoms. The molecule has 2 N–H and O–H groups in total. The van der Waals surface area contributed by atoms with Gasteiger partial charge in [0.05, 0.1) is 0 Å². The van der Waals surface area contributed by atoms with Gasteiger partial charge < -0.3 is 10.6 Å². The van der Waals surface area contributed by atoms with E-state index < -0.39 is 0 Å². The molecule has 1 amide bonds. The van der Waals surface area contributed by atoms with Crippen LogP contribution in [0.4, 0.5) is 0 Å². The maximum atomic E-state index is 11.6. The van der Waals surface area contributed by atoms with Crippen LogP contribution in [0, 0.1) is 0 Å². The summed E-state index contributed by atoms with van der Waals surface area (Å²) in [5.41, 5.74) is 0. The molecule has 1 aliphatic carbocycles. The highest BCUT2D eigenvalue weighted by Gasteiger charge is 2.11. The molecule has 0 saturated heterocycles. The lowest BCUT2D eigenvalue weighted by molar-refractivity contribution is -0.121. The van der Waals surface area contributed by atoms with Crippen molar-refractivity contribution in [3.63, 3.8) is 0 Å². The first-order valence-electron chi connectivity index (χ1n) is 7.32. The van der Waals surface area contributed by atoms with Gasteiger partial charge in [0.2, 0.25) is 5.91 Å². The van der Waals surface area contributed by atoms with Crippen molar-refractivity contribution in [3.8, 4) is 0 Å². The van der Waals surface area contributed by atoms with E-state index in [2.05, 4.69) is 15.7 Å². The average molecular weight is 264 g/mol. The SMILES string of the molecule is O=C(Cn1cccn1)NCCNC1CCCCCC1. The Balaban J connectivity index is 1.54. The fraction of sp³-hybridized carbons (Fsp3) is 0.714. The lowest BCUT2D eigenvalue weighted by atomic mass is 10.1. The van der Waals surface area contributed by atoms with Gasteiger partial charge in [0, 0.05) is 31.5 Å². The van der Waals surface area contributed by atoms with Crippen molar-refractivity contribution in [1.29, 1.82) is 0 Å². The number of nitrogens with zero attached hydrogens (tertiary/aromatic N) is 2. The number of aromatic nitrogens is 2. The van der Waals surface area contributed by atoms with E-state index in [-0.39, 0.29) is 5.91 Å². The number of amides is 1. The van der Waals surface area contributed by atoms with Gasteiger partial charge in [0.25, 0.3) is 0 Å². The maximum Gasteiger partial charge on any atom is 0.241 e. The second-order valence-corrected chi connectivity index (χ2v) is 5.20. The van der Waals surface area contributed by atoms with Crippen LogP contribution in [0.1, 0.15) is 38.5 Å². The Morgan fingerprint density at radius 1 is 1.21 bits per heavy atom. The molecule has 0 bridgehead atoms. The van der Waals surface area contributed by atoms with Gasteiger partial charge in [0.15, 0.2) is 0 Å². The van der Waals surface area contributed by atoms with E-state index in [0.717, 1.165) is 6.54 Å². The van der Waals surface area contributed by atoms with Gasteiger partial charge in [-0.1, -0.05) is 25.7 Å². The van der Waals surface area contributed by atoms with Gasteiger partial charge >= 0.3 is 0 Å². The highest BCUT2D eigenvalue weighted by Crippen LogP contribution is 2.16. The van der Waals surface area contributed by atoms with Crippen LogP contribution in [0.15, 0.2) is 18.5 Å². The second-order valence-electron chi connectivity index (χ2n) is 5.20. The standard InChI is InChI=1S/C14H24N4O/c19-14(12-18-11-5-8-17-18)16-10-9-15-13-6-3-1-2-4-7-13/h5,8,11,13,15H,1-4,6-7,9-10,12H2,(H,16,19). The summed E-state index contributed by atoms with van der Waals surface area (Å²) in [6.07, 6.45) is 11.5. The Bertz CT molecular complexity index is 356. The highest BCUT2D eigenvalue weighted by molar-refractivity contribution is 5.75. The van der Waals surface area contributed by atoms with Crippen molar-refractivity contribution < 1.29 is 4.79 Å². The average Bonchev–Trinajstić information content (AvgIpc) is 2.76. The van der Waals surface area contributed by atoms with Crippen LogP contribution in [0.2, 0.25) is 0 Å². The molecule has 0 radical (unpaired) electrons. The van der Waals surface area contributed by atoms with E-state index >= 15 is 0 Å². The summed E-state index contributed by atoms with van der Waals surface area (Å²) >= 11 is 0. The first-order chi connectivity index (χ1) is 9.34. The zero-order valence-electron chi connectivity index (χ0n) is 11.5. The van der Waals surface area contributed by atoms with Crippen molar-refractivity contribution in [2.45, 2.75) is 51.1 Å². The number of hydrogen-bond donors (Lipinski definition) is 2. The Labute approximate surface area is 114 Å². The smallest absolute Gasteiger partial charge is 0.241 e. The molecule has 1 aromatic heterocycles. The zero-order chi connectivity index (χ0) is 13.3. The molecule has 5 nitrogen and oxygen atoms in total. The summed E-state index contributed by atoms with van der Waals surface area (Å²) in [7, 11) is 0. The normalized spacial score (nSPS) is 17.1. The maximum absolute atomic E-state index is 11.6. The summed E-state index contributed by atoms with van der Waals surface area (Å²) in [5, 5.41) is 10.5. The van der Waals surface area contributed by atoms with Crippen LogP contribution in [-0.2, 0) is 11.3 Å². The topological polar surface area (TPSA) is 59.0 Å². The molecular formula is C14H24N4O. The lowest BCUT2D eigenvalue weighted by Crippen LogP contribution is -2.38. The van der Waals surface area contributed by atoms with Crippen LogP contribution >= 0.6 is 0 Å². The molecule has 2 rings (SSSR count). The van der Waals surface area contributed by atoms with Gasteiger partial charge in [0.1, 0.15) is 6.54 Å². The molecule has 0 aromatic carbocycles. The molecule has 0 unspecified atom stereocenters. The molecule has 1 fully saturated rings. The van der Waals surface area contributed by atoms with E-state index in [1.54, 1.807) is 17.1 Å². The number of carbonyl (C=O) groups excluding carboxylic acids is 1. The van der Waals surface area contributed by atoms with E-state index in [4.69, 9.17) is 0 Å². The largest absolute Gasteiger partial charge is 0.353 e. The van der Waals surface area contributed by atoms with E-state index in [0.29, 0.717) is 19.1 Å². The van der Waals surface area contributed by atoms with Gasteiger partial charge in [-0.25, -0.2) is 0 Å². The predicted molar refractivity (Wildman–Crippen MR) is 74.7 cm³/mol. The molecule has 0 spiro atoms. The minimum absolute atomic E-state index is 0.0198. The highest BCUT2D eigenvalue weighted by atomic mass is 16.2. The third-order valence-electron chi connectivity index (χ3n) is 3.60. The molecule has 0 atom stereocenters. The Morgan fingerprint density at radius 3 is 2.68 bits per heavy atom. The molecular weight excluding hydrogens is 240 g/mol.